The number of benzene rings is 1. The Morgan fingerprint density at radius 3 is 2.21 bits per heavy atom. The van der Waals surface area contributed by atoms with Crippen LogP contribution in [-0.4, -0.2) is 95.0 Å². The third kappa shape index (κ3) is 14.8. The number of piperazine rings is 1. The number of hydrogen-bond donors (Lipinski definition) is 2. The van der Waals surface area contributed by atoms with Gasteiger partial charge in [0.1, 0.15) is 0 Å². The molecule has 0 aliphatic carbocycles. The minimum atomic E-state index is 0. The molecule has 1 heterocycles. The normalized spacial score (nSPS) is 15.3. The molecule has 0 aromatic heterocycles. The van der Waals surface area contributed by atoms with E-state index in [0.717, 1.165) is 58.1 Å². The van der Waals surface area contributed by atoms with Gasteiger partial charge in [0, 0.05) is 59.5 Å². The lowest BCUT2D eigenvalue weighted by Gasteiger charge is -2.34. The minimum Gasteiger partial charge on any atom is -0.379 e. The average Bonchev–Trinajstić information content (AvgIpc) is 2.83. The van der Waals surface area contributed by atoms with E-state index in [4.69, 9.17) is 9.47 Å². The molecule has 1 aromatic rings. The molecule has 1 aliphatic heterocycles. The van der Waals surface area contributed by atoms with Crippen LogP contribution >= 0.6 is 24.0 Å². The highest BCUT2D eigenvalue weighted by atomic mass is 127. The first-order valence-electron chi connectivity index (χ1n) is 12.4. The lowest BCUT2D eigenvalue weighted by molar-refractivity contribution is 0.0487. The second-order valence-corrected chi connectivity index (χ2v) is 8.31. The first kappa shape index (κ1) is 30.1. The lowest BCUT2D eigenvalue weighted by Crippen LogP contribution is -2.46. The smallest absolute Gasteiger partial charge is 0.191 e. The molecule has 1 aliphatic rings. The van der Waals surface area contributed by atoms with Gasteiger partial charge in [0.05, 0.1) is 19.8 Å². The third-order valence-corrected chi connectivity index (χ3v) is 5.68. The Hall–Kier alpha value is -0.940. The van der Waals surface area contributed by atoms with Crippen molar-refractivity contribution in [1.29, 1.82) is 0 Å². The quantitative estimate of drug-likeness (QED) is 0.137. The molecule has 33 heavy (non-hydrogen) atoms. The molecule has 0 spiro atoms. The van der Waals surface area contributed by atoms with Gasteiger partial charge in [0.25, 0.3) is 0 Å². The number of nitrogens with zero attached hydrogens (tertiary/aromatic N) is 3. The van der Waals surface area contributed by atoms with Crippen LogP contribution in [0.4, 0.5) is 0 Å². The summed E-state index contributed by atoms with van der Waals surface area (Å²) in [5.41, 5.74) is 1.41. The van der Waals surface area contributed by atoms with Crippen molar-refractivity contribution >= 4 is 29.9 Å². The summed E-state index contributed by atoms with van der Waals surface area (Å²) in [6, 6.07) is 10.8. The Balaban J connectivity index is 0.00000544. The van der Waals surface area contributed by atoms with E-state index in [-0.39, 0.29) is 24.0 Å². The maximum Gasteiger partial charge on any atom is 0.191 e. The second kappa shape index (κ2) is 20.4. The molecular weight excluding hydrogens is 529 g/mol. The van der Waals surface area contributed by atoms with Crippen LogP contribution < -0.4 is 10.6 Å². The summed E-state index contributed by atoms with van der Waals surface area (Å²) < 4.78 is 11.1. The van der Waals surface area contributed by atoms with Crippen molar-refractivity contribution in [3.8, 4) is 0 Å². The lowest BCUT2D eigenvalue weighted by atomic mass is 10.2. The number of hydrogen-bond acceptors (Lipinski definition) is 5. The zero-order valence-corrected chi connectivity index (χ0v) is 23.1. The summed E-state index contributed by atoms with van der Waals surface area (Å²) in [5.74, 6) is 0.849. The molecule has 7 nitrogen and oxygen atoms in total. The van der Waals surface area contributed by atoms with E-state index in [0.29, 0.717) is 19.8 Å². The van der Waals surface area contributed by atoms with Crippen molar-refractivity contribution in [2.24, 2.45) is 4.99 Å². The summed E-state index contributed by atoms with van der Waals surface area (Å²) in [6.07, 6.45) is 4.65. The number of nitrogens with one attached hydrogen (secondary N) is 2. The van der Waals surface area contributed by atoms with Gasteiger partial charge in [0.15, 0.2) is 5.96 Å². The van der Waals surface area contributed by atoms with Crippen molar-refractivity contribution in [2.45, 2.75) is 39.2 Å². The van der Waals surface area contributed by atoms with Crippen LogP contribution in [0.1, 0.15) is 38.2 Å². The van der Waals surface area contributed by atoms with E-state index in [2.05, 4.69) is 62.7 Å². The van der Waals surface area contributed by atoms with Crippen molar-refractivity contribution in [2.75, 3.05) is 79.3 Å². The fraction of sp³-hybridized carbons (Fsp3) is 0.720. The van der Waals surface area contributed by atoms with Gasteiger partial charge in [-0.15, -0.1) is 24.0 Å². The number of aliphatic imine (C=N–C) groups is 1. The van der Waals surface area contributed by atoms with Crippen LogP contribution in [0.3, 0.4) is 0 Å². The van der Waals surface area contributed by atoms with Crippen LogP contribution in [0.2, 0.25) is 0 Å². The standard InChI is InChI=1S/C25H45N5O2.HI/c1-3-4-19-31-21-22-32-20-13-28-25(26-2)27-12-8-9-14-29-15-17-30(18-16-29)23-24-10-6-5-7-11-24;/h5-7,10-11H,3-4,8-9,12-23H2,1-2H3,(H2,26,27,28);1H. The molecular formula is C25H46IN5O2. The zero-order valence-electron chi connectivity index (χ0n) is 20.8. The van der Waals surface area contributed by atoms with Gasteiger partial charge in [-0.25, -0.2) is 0 Å². The van der Waals surface area contributed by atoms with Crippen LogP contribution in [0.5, 0.6) is 0 Å². The fourth-order valence-electron chi connectivity index (χ4n) is 3.71. The second-order valence-electron chi connectivity index (χ2n) is 8.31. The fourth-order valence-corrected chi connectivity index (χ4v) is 3.71. The van der Waals surface area contributed by atoms with E-state index < -0.39 is 0 Å². The molecule has 0 amide bonds. The largest absolute Gasteiger partial charge is 0.379 e. The van der Waals surface area contributed by atoms with Crippen LogP contribution in [0, 0.1) is 0 Å². The molecule has 2 N–H and O–H groups in total. The number of unbranched alkanes of at least 4 members (excludes halogenated alkanes) is 2. The zero-order chi connectivity index (χ0) is 22.7. The van der Waals surface area contributed by atoms with E-state index >= 15 is 0 Å². The van der Waals surface area contributed by atoms with Gasteiger partial charge < -0.3 is 25.0 Å². The first-order chi connectivity index (χ1) is 15.8. The Labute approximate surface area is 218 Å². The van der Waals surface area contributed by atoms with E-state index in [1.54, 1.807) is 0 Å². The van der Waals surface area contributed by atoms with Crippen molar-refractivity contribution in [3.05, 3.63) is 35.9 Å². The monoisotopic (exact) mass is 575 g/mol. The molecule has 1 aromatic carbocycles. The number of ether oxygens (including phenoxy) is 2. The Morgan fingerprint density at radius 1 is 0.848 bits per heavy atom. The summed E-state index contributed by atoms with van der Waals surface area (Å²) in [6.45, 7) is 13.6. The third-order valence-electron chi connectivity index (χ3n) is 5.68. The molecule has 190 valence electrons. The highest BCUT2D eigenvalue weighted by molar-refractivity contribution is 14.0. The van der Waals surface area contributed by atoms with Gasteiger partial charge in [-0.1, -0.05) is 43.7 Å². The highest BCUT2D eigenvalue weighted by Gasteiger charge is 2.16. The van der Waals surface area contributed by atoms with Gasteiger partial charge in [-0.05, 0) is 31.4 Å². The molecule has 8 heteroatoms. The maximum absolute atomic E-state index is 5.58. The molecule has 0 unspecified atom stereocenters. The first-order valence-corrected chi connectivity index (χ1v) is 12.4. The summed E-state index contributed by atoms with van der Waals surface area (Å²) in [4.78, 5) is 9.44. The predicted octanol–water partition coefficient (Wildman–Crippen LogP) is 3.20. The Morgan fingerprint density at radius 2 is 1.52 bits per heavy atom. The number of guanidine groups is 1. The van der Waals surface area contributed by atoms with Gasteiger partial charge in [0.2, 0.25) is 0 Å². The van der Waals surface area contributed by atoms with Crippen LogP contribution in [0.25, 0.3) is 0 Å². The predicted molar refractivity (Wildman–Crippen MR) is 149 cm³/mol. The van der Waals surface area contributed by atoms with Gasteiger partial charge in [-0.2, -0.15) is 0 Å². The molecule has 0 radical (unpaired) electrons. The van der Waals surface area contributed by atoms with Crippen molar-refractivity contribution in [1.82, 2.24) is 20.4 Å². The molecule has 0 bridgehead atoms. The topological polar surface area (TPSA) is 61.4 Å². The van der Waals surface area contributed by atoms with E-state index in [1.807, 2.05) is 7.05 Å². The Bertz CT molecular complexity index is 598. The molecule has 1 saturated heterocycles. The summed E-state index contributed by atoms with van der Waals surface area (Å²) >= 11 is 0. The molecule has 0 saturated carbocycles. The van der Waals surface area contributed by atoms with Crippen LogP contribution in [-0.2, 0) is 16.0 Å². The molecule has 1 fully saturated rings. The van der Waals surface area contributed by atoms with E-state index in [1.165, 1.54) is 38.0 Å². The number of halogens is 1. The van der Waals surface area contributed by atoms with Crippen molar-refractivity contribution in [3.63, 3.8) is 0 Å². The van der Waals surface area contributed by atoms with Gasteiger partial charge >= 0.3 is 0 Å². The Kier molecular flexibility index (Phi) is 18.6. The minimum absolute atomic E-state index is 0. The van der Waals surface area contributed by atoms with Crippen molar-refractivity contribution < 1.29 is 9.47 Å². The molecule has 0 atom stereocenters. The van der Waals surface area contributed by atoms with Crippen LogP contribution in [0.15, 0.2) is 35.3 Å². The SMILES string of the molecule is CCCCOCCOCCNC(=NC)NCCCCN1CCN(Cc2ccccc2)CC1.I. The summed E-state index contributed by atoms with van der Waals surface area (Å²) in [5, 5.41) is 6.70. The molecule has 2 rings (SSSR count). The van der Waals surface area contributed by atoms with E-state index in [9.17, 15) is 0 Å². The highest BCUT2D eigenvalue weighted by Crippen LogP contribution is 2.09. The van der Waals surface area contributed by atoms with Gasteiger partial charge in [-0.3, -0.25) is 9.89 Å². The maximum atomic E-state index is 5.58. The number of rotatable bonds is 16. The summed E-state index contributed by atoms with van der Waals surface area (Å²) in [7, 11) is 1.81. The average molecular weight is 576 g/mol.